The van der Waals surface area contributed by atoms with Gasteiger partial charge >= 0.3 is 0 Å². The Morgan fingerprint density at radius 1 is 1.20 bits per heavy atom. The lowest BCUT2D eigenvalue weighted by Gasteiger charge is -2.15. The van der Waals surface area contributed by atoms with Gasteiger partial charge in [0.2, 0.25) is 6.43 Å². The molecule has 15 heavy (non-hydrogen) atoms. The van der Waals surface area contributed by atoms with Crippen LogP contribution in [-0.4, -0.2) is 13.0 Å². The minimum Gasteiger partial charge on any atom is -0.330 e. The molecule has 0 spiro atoms. The fourth-order valence-electron chi connectivity index (χ4n) is 1.31. The van der Waals surface area contributed by atoms with E-state index in [1.165, 1.54) is 6.92 Å². The smallest absolute Gasteiger partial charge is 0.246 e. The number of rotatable bonds is 3. The van der Waals surface area contributed by atoms with Crippen molar-refractivity contribution in [1.82, 2.24) is 0 Å². The summed E-state index contributed by atoms with van der Waals surface area (Å²) in [6.45, 7) is 0.944. The first-order valence-corrected chi connectivity index (χ1v) is 4.41. The second kappa shape index (κ2) is 4.61. The summed E-state index contributed by atoms with van der Waals surface area (Å²) in [5.41, 5.74) is 4.81. The van der Waals surface area contributed by atoms with E-state index in [1.807, 2.05) is 0 Å². The van der Waals surface area contributed by atoms with E-state index in [0.29, 0.717) is 0 Å². The Morgan fingerprint density at radius 2 is 1.80 bits per heavy atom. The van der Waals surface area contributed by atoms with Crippen LogP contribution in [0.1, 0.15) is 17.0 Å². The van der Waals surface area contributed by atoms with E-state index in [1.54, 1.807) is 0 Å². The van der Waals surface area contributed by atoms with Gasteiger partial charge in [-0.05, 0) is 24.6 Å². The molecule has 1 unspecified atom stereocenters. The van der Waals surface area contributed by atoms with Crippen LogP contribution < -0.4 is 5.73 Å². The standard InChI is InChI=1S/C10H11F4N/c1-5-2-9(12)6(3-8(5)11)7(4-15)10(13)14/h2-3,7,10H,4,15H2,1H3. The summed E-state index contributed by atoms with van der Waals surface area (Å²) in [4.78, 5) is 0. The summed E-state index contributed by atoms with van der Waals surface area (Å²) in [6, 6.07) is 1.68. The van der Waals surface area contributed by atoms with Crippen LogP contribution in [0.3, 0.4) is 0 Å². The van der Waals surface area contributed by atoms with Gasteiger partial charge < -0.3 is 5.73 Å². The molecule has 1 atom stereocenters. The Labute approximate surface area is 84.9 Å². The highest BCUT2D eigenvalue weighted by atomic mass is 19.3. The van der Waals surface area contributed by atoms with Crippen molar-refractivity contribution >= 4 is 0 Å². The van der Waals surface area contributed by atoms with Gasteiger partial charge in [-0.2, -0.15) is 0 Å². The lowest BCUT2D eigenvalue weighted by Crippen LogP contribution is -2.21. The van der Waals surface area contributed by atoms with Crippen LogP contribution in [-0.2, 0) is 0 Å². The first-order chi connectivity index (χ1) is 6.97. The summed E-state index contributed by atoms with van der Waals surface area (Å²) in [6.07, 6.45) is -2.80. The quantitative estimate of drug-likeness (QED) is 0.780. The lowest BCUT2D eigenvalue weighted by molar-refractivity contribution is 0.115. The van der Waals surface area contributed by atoms with Gasteiger partial charge in [-0.3, -0.25) is 0 Å². The summed E-state index contributed by atoms with van der Waals surface area (Å²) in [5, 5.41) is 0. The minimum absolute atomic E-state index is 0.0845. The Balaban J connectivity index is 3.18. The number of nitrogens with two attached hydrogens (primary N) is 1. The van der Waals surface area contributed by atoms with Crippen LogP contribution in [0.25, 0.3) is 0 Å². The fourth-order valence-corrected chi connectivity index (χ4v) is 1.31. The average molecular weight is 221 g/mol. The van der Waals surface area contributed by atoms with E-state index in [-0.39, 0.29) is 11.1 Å². The van der Waals surface area contributed by atoms with Crippen LogP contribution in [0, 0.1) is 18.6 Å². The molecule has 0 aliphatic rings. The maximum Gasteiger partial charge on any atom is 0.246 e. The van der Waals surface area contributed by atoms with Crippen molar-refractivity contribution in [3.8, 4) is 0 Å². The maximum atomic E-state index is 13.3. The van der Waals surface area contributed by atoms with E-state index in [9.17, 15) is 17.6 Å². The van der Waals surface area contributed by atoms with Crippen molar-refractivity contribution in [2.24, 2.45) is 5.73 Å². The molecule has 0 radical (unpaired) electrons. The minimum atomic E-state index is -2.80. The number of aryl methyl sites for hydroxylation is 1. The molecule has 0 aliphatic heterocycles. The SMILES string of the molecule is Cc1cc(F)c(C(CN)C(F)F)cc1F. The zero-order valence-electron chi connectivity index (χ0n) is 8.11. The van der Waals surface area contributed by atoms with Gasteiger partial charge in [-0.1, -0.05) is 0 Å². The molecule has 1 aromatic carbocycles. The Hall–Kier alpha value is -1.10. The predicted octanol–water partition coefficient (Wildman–Crippen LogP) is 2.58. The summed E-state index contributed by atoms with van der Waals surface area (Å²) in [7, 11) is 0. The third-order valence-corrected chi connectivity index (χ3v) is 2.24. The van der Waals surface area contributed by atoms with E-state index in [2.05, 4.69) is 0 Å². The largest absolute Gasteiger partial charge is 0.330 e. The summed E-state index contributed by atoms with van der Waals surface area (Å²) in [5.74, 6) is -3.00. The molecule has 5 heteroatoms. The molecule has 1 rings (SSSR count). The van der Waals surface area contributed by atoms with Crippen molar-refractivity contribution in [1.29, 1.82) is 0 Å². The number of alkyl halides is 2. The second-order valence-corrected chi connectivity index (χ2v) is 3.30. The predicted molar refractivity (Wildman–Crippen MR) is 48.9 cm³/mol. The molecule has 0 amide bonds. The van der Waals surface area contributed by atoms with Gasteiger partial charge in [0, 0.05) is 12.1 Å². The van der Waals surface area contributed by atoms with Crippen LogP contribution in [0.2, 0.25) is 0 Å². The zero-order chi connectivity index (χ0) is 11.6. The van der Waals surface area contributed by atoms with E-state index < -0.39 is 30.5 Å². The van der Waals surface area contributed by atoms with E-state index in [0.717, 1.165) is 12.1 Å². The molecule has 0 heterocycles. The number of hydrogen-bond acceptors (Lipinski definition) is 1. The van der Waals surface area contributed by atoms with Crippen LogP contribution in [0.15, 0.2) is 12.1 Å². The highest BCUT2D eigenvalue weighted by molar-refractivity contribution is 5.28. The second-order valence-electron chi connectivity index (χ2n) is 3.30. The van der Waals surface area contributed by atoms with Gasteiger partial charge in [-0.25, -0.2) is 17.6 Å². The molecule has 1 aromatic rings. The normalized spacial score (nSPS) is 13.3. The summed E-state index contributed by atoms with van der Waals surface area (Å²) < 4.78 is 51.2. The van der Waals surface area contributed by atoms with Gasteiger partial charge in [0.05, 0.1) is 5.92 Å². The van der Waals surface area contributed by atoms with Crippen LogP contribution in [0.4, 0.5) is 17.6 Å². The van der Waals surface area contributed by atoms with Crippen LogP contribution >= 0.6 is 0 Å². The molecule has 0 fully saturated rings. The number of hydrogen-bond donors (Lipinski definition) is 1. The van der Waals surface area contributed by atoms with Crippen molar-refractivity contribution in [3.05, 3.63) is 34.9 Å². The van der Waals surface area contributed by atoms with Crippen LogP contribution in [0.5, 0.6) is 0 Å². The summed E-state index contributed by atoms with van der Waals surface area (Å²) >= 11 is 0. The Bertz CT molecular complexity index is 352. The zero-order valence-corrected chi connectivity index (χ0v) is 8.11. The van der Waals surface area contributed by atoms with Crippen molar-refractivity contribution < 1.29 is 17.6 Å². The van der Waals surface area contributed by atoms with Gasteiger partial charge in [-0.15, -0.1) is 0 Å². The van der Waals surface area contributed by atoms with Crippen molar-refractivity contribution in [2.75, 3.05) is 6.54 Å². The van der Waals surface area contributed by atoms with Crippen molar-refractivity contribution in [2.45, 2.75) is 19.3 Å². The topological polar surface area (TPSA) is 26.0 Å². The molecule has 2 N–H and O–H groups in total. The molecular weight excluding hydrogens is 210 g/mol. The first-order valence-electron chi connectivity index (χ1n) is 4.41. The maximum absolute atomic E-state index is 13.3. The molecule has 0 bridgehead atoms. The van der Waals surface area contributed by atoms with E-state index >= 15 is 0 Å². The third kappa shape index (κ3) is 2.47. The van der Waals surface area contributed by atoms with Gasteiger partial charge in [0.15, 0.2) is 0 Å². The molecule has 0 aliphatic carbocycles. The third-order valence-electron chi connectivity index (χ3n) is 2.24. The molecule has 0 saturated heterocycles. The fraction of sp³-hybridized carbons (Fsp3) is 0.400. The molecule has 0 aromatic heterocycles. The molecule has 84 valence electrons. The Morgan fingerprint density at radius 3 is 2.27 bits per heavy atom. The first kappa shape index (κ1) is 12.0. The molecule has 1 nitrogen and oxygen atoms in total. The lowest BCUT2D eigenvalue weighted by atomic mass is 9.97. The highest BCUT2D eigenvalue weighted by Gasteiger charge is 2.24. The van der Waals surface area contributed by atoms with Gasteiger partial charge in [0.1, 0.15) is 11.6 Å². The molecule has 0 saturated carbocycles. The average Bonchev–Trinajstić information content (AvgIpc) is 2.14. The van der Waals surface area contributed by atoms with Crippen molar-refractivity contribution in [3.63, 3.8) is 0 Å². The highest BCUT2D eigenvalue weighted by Crippen LogP contribution is 2.26. The number of benzene rings is 1. The van der Waals surface area contributed by atoms with Gasteiger partial charge in [0.25, 0.3) is 0 Å². The monoisotopic (exact) mass is 221 g/mol. The number of halogens is 4. The Kier molecular flexibility index (Phi) is 3.68. The van der Waals surface area contributed by atoms with E-state index in [4.69, 9.17) is 5.73 Å². The molecular formula is C10H11F4N.